The molecular weight excluding hydrogens is 305 g/mol. The van der Waals surface area contributed by atoms with Crippen molar-refractivity contribution in [3.63, 3.8) is 0 Å². The Kier molecular flexibility index (Phi) is 3.24. The van der Waals surface area contributed by atoms with Crippen molar-refractivity contribution in [3.05, 3.63) is 17.0 Å². The number of nitriles is 1. The van der Waals surface area contributed by atoms with Crippen LogP contribution in [0.15, 0.2) is 6.20 Å². The van der Waals surface area contributed by atoms with Crippen LogP contribution in [0.3, 0.4) is 0 Å². The molecule has 0 amide bonds. The molecule has 1 atom stereocenters. The topological polar surface area (TPSA) is 52.8 Å². The second-order valence-electron chi connectivity index (χ2n) is 5.61. The Morgan fingerprint density at radius 2 is 2.10 bits per heavy atom. The Bertz CT molecular complexity index is 606. The summed E-state index contributed by atoms with van der Waals surface area (Å²) in [7, 11) is 0. The molecule has 1 aliphatic heterocycles. The van der Waals surface area contributed by atoms with Crippen LogP contribution >= 0.6 is 11.6 Å². The van der Waals surface area contributed by atoms with Gasteiger partial charge in [0, 0.05) is 13.1 Å². The zero-order chi connectivity index (χ0) is 15.3. The molecule has 1 aliphatic carbocycles. The lowest BCUT2D eigenvalue weighted by atomic mass is 9.83. The number of anilines is 1. The van der Waals surface area contributed by atoms with Gasteiger partial charge < -0.3 is 4.90 Å². The molecular formula is C13H12ClF3N4. The summed E-state index contributed by atoms with van der Waals surface area (Å²) in [5.74, 6) is 0.179. The molecule has 21 heavy (non-hydrogen) atoms. The first kappa shape index (κ1) is 14.4. The second-order valence-corrected chi connectivity index (χ2v) is 5.96. The summed E-state index contributed by atoms with van der Waals surface area (Å²) in [6.07, 6.45) is -0.575. The maximum Gasteiger partial charge on any atom is 0.436 e. The molecule has 0 bridgehead atoms. The van der Waals surface area contributed by atoms with Gasteiger partial charge in [0.15, 0.2) is 10.8 Å². The van der Waals surface area contributed by atoms with Crippen LogP contribution in [0.2, 0.25) is 5.15 Å². The molecule has 4 nitrogen and oxygen atoms in total. The second kappa shape index (κ2) is 4.73. The molecule has 112 valence electrons. The first-order chi connectivity index (χ1) is 9.86. The summed E-state index contributed by atoms with van der Waals surface area (Å²) in [6.45, 7) is 1.13. The summed E-state index contributed by atoms with van der Waals surface area (Å²) in [4.78, 5) is 8.97. The van der Waals surface area contributed by atoms with Crippen molar-refractivity contribution in [1.82, 2.24) is 9.97 Å². The fraction of sp³-hybridized carbons (Fsp3) is 0.615. The van der Waals surface area contributed by atoms with Crippen LogP contribution in [0.4, 0.5) is 19.0 Å². The van der Waals surface area contributed by atoms with Crippen molar-refractivity contribution in [2.24, 2.45) is 11.3 Å². The Balaban J connectivity index is 1.82. The van der Waals surface area contributed by atoms with Crippen LogP contribution < -0.4 is 4.90 Å². The number of piperidine rings is 1. The predicted octanol–water partition coefficient (Wildman–Crippen LogP) is 3.28. The van der Waals surface area contributed by atoms with Crippen molar-refractivity contribution >= 4 is 17.4 Å². The normalized spacial score (nSPS) is 24.0. The number of hydrogen-bond acceptors (Lipinski definition) is 4. The van der Waals surface area contributed by atoms with E-state index in [1.807, 2.05) is 0 Å². The van der Waals surface area contributed by atoms with Crippen LogP contribution in [0, 0.1) is 22.7 Å². The van der Waals surface area contributed by atoms with Gasteiger partial charge in [0.25, 0.3) is 0 Å². The highest BCUT2D eigenvalue weighted by Crippen LogP contribution is 2.56. The highest BCUT2D eigenvalue weighted by molar-refractivity contribution is 6.30. The minimum Gasteiger partial charge on any atom is -0.354 e. The lowest BCUT2D eigenvalue weighted by Gasteiger charge is -2.36. The molecule has 1 unspecified atom stereocenters. The van der Waals surface area contributed by atoms with Gasteiger partial charge in [-0.3, -0.25) is 0 Å². The number of alkyl halides is 3. The Morgan fingerprint density at radius 1 is 1.38 bits per heavy atom. The van der Waals surface area contributed by atoms with Crippen LogP contribution in [-0.4, -0.2) is 23.1 Å². The maximum absolute atomic E-state index is 12.6. The zero-order valence-corrected chi connectivity index (χ0v) is 11.7. The SMILES string of the molecule is N#CC1CN(c2cnc(C(F)(F)F)c(Cl)n2)CCC12CC2. The molecule has 1 saturated heterocycles. The fourth-order valence-electron chi connectivity index (χ4n) is 2.88. The van der Waals surface area contributed by atoms with Gasteiger partial charge in [0.2, 0.25) is 0 Å². The summed E-state index contributed by atoms with van der Waals surface area (Å²) in [5.41, 5.74) is -1.06. The van der Waals surface area contributed by atoms with Gasteiger partial charge in [-0.15, -0.1) is 0 Å². The van der Waals surface area contributed by atoms with E-state index in [4.69, 9.17) is 11.6 Å². The van der Waals surface area contributed by atoms with Gasteiger partial charge in [-0.25, -0.2) is 9.97 Å². The third-order valence-corrected chi connectivity index (χ3v) is 4.64. The third kappa shape index (κ3) is 2.53. The highest BCUT2D eigenvalue weighted by atomic mass is 35.5. The quantitative estimate of drug-likeness (QED) is 0.798. The zero-order valence-electron chi connectivity index (χ0n) is 11.0. The van der Waals surface area contributed by atoms with E-state index >= 15 is 0 Å². The first-order valence-electron chi connectivity index (χ1n) is 6.60. The Labute approximate surface area is 124 Å². The smallest absolute Gasteiger partial charge is 0.354 e. The van der Waals surface area contributed by atoms with E-state index in [2.05, 4.69) is 16.0 Å². The van der Waals surface area contributed by atoms with Crippen LogP contribution in [0.1, 0.15) is 25.0 Å². The number of rotatable bonds is 1. The standard InChI is InChI=1S/C13H12ClF3N4/c14-11-10(13(15,16)17)19-6-9(20-11)21-4-3-12(1-2-12)8(5-18)7-21/h6,8H,1-4,7H2. The van der Waals surface area contributed by atoms with E-state index in [9.17, 15) is 18.4 Å². The van der Waals surface area contributed by atoms with Gasteiger partial charge in [0.05, 0.1) is 18.2 Å². The Hall–Kier alpha value is -1.55. The lowest BCUT2D eigenvalue weighted by Crippen LogP contribution is -2.41. The summed E-state index contributed by atoms with van der Waals surface area (Å²) < 4.78 is 37.8. The predicted molar refractivity (Wildman–Crippen MR) is 69.6 cm³/mol. The van der Waals surface area contributed by atoms with Crippen molar-refractivity contribution in [2.75, 3.05) is 18.0 Å². The largest absolute Gasteiger partial charge is 0.436 e. The van der Waals surface area contributed by atoms with Gasteiger partial charge in [-0.1, -0.05) is 11.6 Å². The summed E-state index contributed by atoms with van der Waals surface area (Å²) in [6, 6.07) is 2.30. The number of aromatic nitrogens is 2. The molecule has 2 heterocycles. The molecule has 1 spiro atoms. The molecule has 2 aliphatic rings. The summed E-state index contributed by atoms with van der Waals surface area (Å²) in [5, 5.41) is 8.60. The molecule has 0 radical (unpaired) electrons. The average molecular weight is 317 g/mol. The van der Waals surface area contributed by atoms with Gasteiger partial charge in [-0.05, 0) is 24.7 Å². The average Bonchev–Trinajstić information content (AvgIpc) is 3.18. The number of hydrogen-bond donors (Lipinski definition) is 0. The third-order valence-electron chi connectivity index (χ3n) is 4.38. The van der Waals surface area contributed by atoms with E-state index in [0.29, 0.717) is 18.9 Å². The van der Waals surface area contributed by atoms with E-state index < -0.39 is 17.0 Å². The lowest BCUT2D eigenvalue weighted by molar-refractivity contribution is -0.141. The monoisotopic (exact) mass is 316 g/mol. The van der Waals surface area contributed by atoms with Crippen LogP contribution in [0.25, 0.3) is 0 Å². The van der Waals surface area contributed by atoms with Crippen molar-refractivity contribution < 1.29 is 13.2 Å². The molecule has 0 N–H and O–H groups in total. The molecule has 1 aromatic rings. The Morgan fingerprint density at radius 3 is 2.62 bits per heavy atom. The van der Waals surface area contributed by atoms with Crippen LogP contribution in [0.5, 0.6) is 0 Å². The molecule has 8 heteroatoms. The van der Waals surface area contributed by atoms with E-state index in [1.54, 1.807) is 4.90 Å². The van der Waals surface area contributed by atoms with Gasteiger partial charge in [0.1, 0.15) is 5.82 Å². The maximum atomic E-state index is 12.6. The fourth-order valence-corrected chi connectivity index (χ4v) is 3.13. The number of nitrogens with zero attached hydrogens (tertiary/aromatic N) is 4. The molecule has 0 aromatic carbocycles. The molecule has 3 rings (SSSR count). The molecule has 1 saturated carbocycles. The van der Waals surface area contributed by atoms with Gasteiger partial charge in [-0.2, -0.15) is 18.4 Å². The van der Waals surface area contributed by atoms with Crippen molar-refractivity contribution in [1.29, 1.82) is 5.26 Å². The summed E-state index contributed by atoms with van der Waals surface area (Å²) >= 11 is 5.59. The van der Waals surface area contributed by atoms with E-state index in [-0.39, 0.29) is 11.3 Å². The van der Waals surface area contributed by atoms with E-state index in [0.717, 1.165) is 25.5 Å². The highest BCUT2D eigenvalue weighted by Gasteiger charge is 2.52. The van der Waals surface area contributed by atoms with Crippen molar-refractivity contribution in [3.8, 4) is 6.07 Å². The van der Waals surface area contributed by atoms with Gasteiger partial charge >= 0.3 is 6.18 Å². The first-order valence-corrected chi connectivity index (χ1v) is 6.98. The minimum atomic E-state index is -4.61. The van der Waals surface area contributed by atoms with E-state index in [1.165, 1.54) is 0 Å². The van der Waals surface area contributed by atoms with Crippen molar-refractivity contribution in [2.45, 2.75) is 25.4 Å². The number of halogens is 4. The van der Waals surface area contributed by atoms with Crippen LogP contribution in [-0.2, 0) is 6.18 Å². The minimum absolute atomic E-state index is 0.117. The molecule has 2 fully saturated rings. The molecule has 1 aromatic heterocycles.